The van der Waals surface area contributed by atoms with Gasteiger partial charge in [-0.25, -0.2) is 9.59 Å². The molecule has 1 fully saturated rings. The average Bonchev–Trinajstić information content (AvgIpc) is 2.23. The molecule has 5 nitrogen and oxygen atoms in total. The fourth-order valence-electron chi connectivity index (χ4n) is 2.27. The fraction of sp³-hybridized carbons (Fsp3) is 0.875. The van der Waals surface area contributed by atoms with Gasteiger partial charge in [0.15, 0.2) is 0 Å². The molecule has 21 heavy (non-hydrogen) atoms. The molecule has 122 valence electrons. The Balaban J connectivity index is 2.84. The lowest BCUT2D eigenvalue weighted by atomic mass is 9.92. The SMILES string of the molecule is C[C@@H]1CCN(C(=O)OC(C)(C)C)[C@@H](C(=O)OC(C)(C)C)C1. The van der Waals surface area contributed by atoms with Gasteiger partial charge in [0.1, 0.15) is 17.2 Å². The van der Waals surface area contributed by atoms with Crippen molar-refractivity contribution < 1.29 is 19.1 Å². The van der Waals surface area contributed by atoms with Crippen LogP contribution in [0.3, 0.4) is 0 Å². The Labute approximate surface area is 128 Å². The third-order valence-electron chi connectivity index (χ3n) is 3.17. The predicted octanol–water partition coefficient (Wildman–Crippen LogP) is 3.36. The second-order valence-electron chi connectivity index (χ2n) is 7.85. The molecule has 0 aromatic carbocycles. The number of ether oxygens (including phenoxy) is 2. The van der Waals surface area contributed by atoms with Crippen LogP contribution in [0.25, 0.3) is 0 Å². The number of esters is 1. The second kappa shape index (κ2) is 6.24. The van der Waals surface area contributed by atoms with Crippen molar-refractivity contribution >= 4 is 12.1 Å². The first-order valence-corrected chi connectivity index (χ1v) is 7.61. The van der Waals surface area contributed by atoms with E-state index in [1.807, 2.05) is 41.5 Å². The van der Waals surface area contributed by atoms with Gasteiger partial charge in [0.05, 0.1) is 0 Å². The molecule has 1 aliphatic rings. The molecule has 0 N–H and O–H groups in total. The van der Waals surface area contributed by atoms with Gasteiger partial charge >= 0.3 is 12.1 Å². The summed E-state index contributed by atoms with van der Waals surface area (Å²) in [6, 6.07) is -0.553. The Hall–Kier alpha value is -1.26. The van der Waals surface area contributed by atoms with Gasteiger partial charge in [0.2, 0.25) is 0 Å². The normalized spacial score (nSPS) is 23.7. The van der Waals surface area contributed by atoms with E-state index in [4.69, 9.17) is 9.47 Å². The van der Waals surface area contributed by atoms with Crippen molar-refractivity contribution in [3.05, 3.63) is 0 Å². The molecular weight excluding hydrogens is 270 g/mol. The molecule has 0 radical (unpaired) electrons. The first-order chi connectivity index (χ1) is 9.39. The molecule has 1 rings (SSSR count). The van der Waals surface area contributed by atoms with Gasteiger partial charge in [-0.3, -0.25) is 4.90 Å². The van der Waals surface area contributed by atoms with E-state index in [1.165, 1.54) is 4.90 Å². The molecule has 0 spiro atoms. The van der Waals surface area contributed by atoms with Crippen LogP contribution in [0, 0.1) is 5.92 Å². The van der Waals surface area contributed by atoms with Crippen molar-refractivity contribution in [1.82, 2.24) is 4.90 Å². The number of likely N-dealkylation sites (tertiary alicyclic amines) is 1. The topological polar surface area (TPSA) is 55.8 Å². The van der Waals surface area contributed by atoms with Gasteiger partial charge in [-0.15, -0.1) is 0 Å². The van der Waals surface area contributed by atoms with Crippen molar-refractivity contribution in [2.45, 2.75) is 78.6 Å². The minimum absolute atomic E-state index is 0.347. The van der Waals surface area contributed by atoms with Gasteiger partial charge in [-0.05, 0) is 60.3 Å². The average molecular weight is 299 g/mol. The van der Waals surface area contributed by atoms with E-state index in [-0.39, 0.29) is 5.97 Å². The molecule has 0 aromatic rings. The van der Waals surface area contributed by atoms with E-state index in [1.54, 1.807) is 0 Å². The number of nitrogens with zero attached hydrogens (tertiary/aromatic N) is 1. The van der Waals surface area contributed by atoms with Gasteiger partial charge in [-0.1, -0.05) is 6.92 Å². The summed E-state index contributed by atoms with van der Waals surface area (Å²) in [5.41, 5.74) is -1.13. The number of amides is 1. The Kier molecular flexibility index (Phi) is 5.29. The zero-order valence-electron chi connectivity index (χ0n) is 14.4. The molecule has 1 heterocycles. The van der Waals surface area contributed by atoms with E-state index in [9.17, 15) is 9.59 Å². The van der Waals surface area contributed by atoms with E-state index < -0.39 is 23.3 Å². The summed E-state index contributed by atoms with van der Waals surface area (Å²) in [6.07, 6.45) is 1.05. The largest absolute Gasteiger partial charge is 0.458 e. The number of carbonyl (C=O) groups excluding carboxylic acids is 2. The van der Waals surface area contributed by atoms with Crippen molar-refractivity contribution in [3.63, 3.8) is 0 Å². The van der Waals surface area contributed by atoms with Crippen LogP contribution < -0.4 is 0 Å². The maximum atomic E-state index is 12.4. The molecule has 1 aliphatic heterocycles. The lowest BCUT2D eigenvalue weighted by molar-refractivity contribution is -0.163. The summed E-state index contributed by atoms with van der Waals surface area (Å²) >= 11 is 0. The van der Waals surface area contributed by atoms with Crippen LogP contribution >= 0.6 is 0 Å². The number of hydrogen-bond acceptors (Lipinski definition) is 4. The highest BCUT2D eigenvalue weighted by atomic mass is 16.6. The summed E-state index contributed by atoms with van der Waals surface area (Å²) in [6.45, 7) is 13.6. The van der Waals surface area contributed by atoms with Crippen LogP contribution in [-0.2, 0) is 14.3 Å². The van der Waals surface area contributed by atoms with Crippen LogP contribution in [0.5, 0.6) is 0 Å². The van der Waals surface area contributed by atoms with E-state index >= 15 is 0 Å². The maximum Gasteiger partial charge on any atom is 0.411 e. The van der Waals surface area contributed by atoms with Crippen LogP contribution in [0.2, 0.25) is 0 Å². The van der Waals surface area contributed by atoms with Crippen molar-refractivity contribution in [1.29, 1.82) is 0 Å². The van der Waals surface area contributed by atoms with Crippen LogP contribution in [-0.4, -0.2) is 40.8 Å². The highest BCUT2D eigenvalue weighted by Gasteiger charge is 2.39. The highest BCUT2D eigenvalue weighted by Crippen LogP contribution is 2.26. The quantitative estimate of drug-likeness (QED) is 0.697. The van der Waals surface area contributed by atoms with Crippen molar-refractivity contribution in [3.8, 4) is 0 Å². The highest BCUT2D eigenvalue weighted by molar-refractivity contribution is 5.82. The van der Waals surface area contributed by atoms with Gasteiger partial charge in [0, 0.05) is 6.54 Å². The molecule has 0 unspecified atom stereocenters. The van der Waals surface area contributed by atoms with Gasteiger partial charge in [-0.2, -0.15) is 0 Å². The lowest BCUT2D eigenvalue weighted by Gasteiger charge is -2.38. The Morgan fingerprint density at radius 1 is 1.00 bits per heavy atom. The number of hydrogen-bond donors (Lipinski definition) is 0. The molecule has 1 saturated heterocycles. The summed E-state index contributed by atoms with van der Waals surface area (Å²) < 4.78 is 10.8. The van der Waals surface area contributed by atoms with Crippen molar-refractivity contribution in [2.24, 2.45) is 5.92 Å². The standard InChI is InChI=1S/C16H29NO4/c1-11-8-9-17(14(19)21-16(5,6)7)12(10-11)13(18)20-15(2,3)4/h11-12H,8-10H2,1-7H3/t11-,12-/m1/s1. The summed E-state index contributed by atoms with van der Waals surface area (Å²) in [7, 11) is 0. The third-order valence-corrected chi connectivity index (χ3v) is 3.17. The molecule has 0 bridgehead atoms. The molecule has 0 aliphatic carbocycles. The van der Waals surface area contributed by atoms with Gasteiger partial charge < -0.3 is 9.47 Å². The summed E-state index contributed by atoms with van der Waals surface area (Å²) in [5, 5.41) is 0. The van der Waals surface area contributed by atoms with Crippen LogP contribution in [0.15, 0.2) is 0 Å². The molecule has 5 heteroatoms. The first-order valence-electron chi connectivity index (χ1n) is 7.61. The Morgan fingerprint density at radius 3 is 2.00 bits per heavy atom. The molecule has 2 atom stereocenters. The predicted molar refractivity (Wildman–Crippen MR) is 81.0 cm³/mol. The Morgan fingerprint density at radius 2 is 1.52 bits per heavy atom. The third kappa shape index (κ3) is 5.94. The molecule has 0 aromatic heterocycles. The van der Waals surface area contributed by atoms with E-state index in [0.29, 0.717) is 18.9 Å². The van der Waals surface area contributed by atoms with E-state index in [2.05, 4.69) is 6.92 Å². The number of carbonyl (C=O) groups is 2. The minimum Gasteiger partial charge on any atom is -0.458 e. The lowest BCUT2D eigenvalue weighted by Crippen LogP contribution is -2.52. The zero-order valence-corrected chi connectivity index (χ0v) is 14.4. The van der Waals surface area contributed by atoms with Crippen LogP contribution in [0.4, 0.5) is 4.79 Å². The smallest absolute Gasteiger partial charge is 0.411 e. The van der Waals surface area contributed by atoms with Gasteiger partial charge in [0.25, 0.3) is 0 Å². The van der Waals surface area contributed by atoms with Crippen molar-refractivity contribution in [2.75, 3.05) is 6.54 Å². The summed E-state index contributed by atoms with van der Waals surface area (Å²) in [4.78, 5) is 26.2. The van der Waals surface area contributed by atoms with E-state index in [0.717, 1.165) is 6.42 Å². The second-order valence-corrected chi connectivity index (χ2v) is 7.85. The molecule has 1 amide bonds. The summed E-state index contributed by atoms with van der Waals surface area (Å²) in [5.74, 6) is 0.0427. The fourth-order valence-corrected chi connectivity index (χ4v) is 2.27. The Bertz CT molecular complexity index is 392. The monoisotopic (exact) mass is 299 g/mol. The maximum absolute atomic E-state index is 12.4. The number of rotatable bonds is 1. The first kappa shape index (κ1) is 17.8. The van der Waals surface area contributed by atoms with Crippen LogP contribution in [0.1, 0.15) is 61.3 Å². The molecule has 0 saturated carbocycles. The zero-order chi connectivity index (χ0) is 16.4. The number of piperidine rings is 1. The molecular formula is C16H29NO4. The minimum atomic E-state index is -0.571.